The monoisotopic (exact) mass is 452 g/mol. The Morgan fingerprint density at radius 1 is 1.22 bits per heavy atom. The summed E-state index contributed by atoms with van der Waals surface area (Å²) in [7, 11) is 0. The van der Waals surface area contributed by atoms with Gasteiger partial charge in [0.15, 0.2) is 6.20 Å². The lowest BCUT2D eigenvalue weighted by Crippen LogP contribution is -2.36. The van der Waals surface area contributed by atoms with Crippen LogP contribution in [0.5, 0.6) is 11.8 Å². The number of rotatable bonds is 6. The normalized spacial score (nSPS) is 15.7. The predicted octanol–water partition coefficient (Wildman–Crippen LogP) is 2.97. The summed E-state index contributed by atoms with van der Waals surface area (Å²) in [5, 5.41) is 23.2. The average molecular weight is 452 g/mol. The number of fused-ring (bicyclic) bond motifs is 1. The molecule has 1 aliphatic rings. The largest absolute Gasteiger partial charge is 0.618 e. The first-order chi connectivity index (χ1) is 15.2. The van der Waals surface area contributed by atoms with E-state index in [-0.39, 0.29) is 37.3 Å². The summed E-state index contributed by atoms with van der Waals surface area (Å²) in [5.74, 6) is -0.686. The lowest BCUT2D eigenvalue weighted by Gasteiger charge is -2.22. The first-order valence-electron chi connectivity index (χ1n) is 9.22. The number of hydrogen-bond acceptors (Lipinski definition) is 7. The molecule has 32 heavy (non-hydrogen) atoms. The minimum absolute atomic E-state index is 0.0394. The highest BCUT2D eigenvalue weighted by atomic mass is 19.4. The Labute approximate surface area is 178 Å². The quantitative estimate of drug-likeness (QED) is 0.244. The third kappa shape index (κ3) is 4.88. The lowest BCUT2D eigenvalue weighted by molar-refractivity contribution is -0.616. The predicted molar refractivity (Wildman–Crippen MR) is 100 cm³/mol. The Hall–Kier alpha value is -3.87. The summed E-state index contributed by atoms with van der Waals surface area (Å²) in [6.45, 7) is 0.360. The smallest absolute Gasteiger partial charge is 0.573 e. The van der Waals surface area contributed by atoms with Crippen molar-refractivity contribution in [3.63, 3.8) is 0 Å². The number of ether oxygens (including phenoxy) is 3. The van der Waals surface area contributed by atoms with Crippen molar-refractivity contribution in [3.8, 4) is 22.9 Å². The molecule has 0 radical (unpaired) electrons. The molecule has 1 aliphatic heterocycles. The fourth-order valence-electron chi connectivity index (χ4n) is 3.11. The summed E-state index contributed by atoms with van der Waals surface area (Å²) in [6, 6.07) is 8.45. The van der Waals surface area contributed by atoms with E-state index in [0.717, 1.165) is 12.1 Å². The van der Waals surface area contributed by atoms with E-state index in [0.29, 0.717) is 21.6 Å². The van der Waals surface area contributed by atoms with Crippen molar-refractivity contribution in [1.29, 1.82) is 0 Å². The first kappa shape index (κ1) is 21.4. The molecular formula is C19H15F3N4O6. The topological polar surface area (TPSA) is 116 Å². The summed E-state index contributed by atoms with van der Waals surface area (Å²) < 4.78 is 53.7. The van der Waals surface area contributed by atoms with E-state index < -0.39 is 17.4 Å². The molecule has 2 aromatic heterocycles. The second-order valence-electron chi connectivity index (χ2n) is 6.84. The fraction of sp³-hybridized carbons (Fsp3) is 0.263. The number of pyridine rings is 1. The van der Waals surface area contributed by atoms with E-state index in [1.165, 1.54) is 29.1 Å². The maximum absolute atomic E-state index is 12.4. The zero-order valence-corrected chi connectivity index (χ0v) is 16.2. The molecule has 0 saturated heterocycles. The minimum atomic E-state index is -4.78. The van der Waals surface area contributed by atoms with Gasteiger partial charge in [0, 0.05) is 16.6 Å². The molecular weight excluding hydrogens is 437 g/mol. The molecule has 4 rings (SSSR count). The van der Waals surface area contributed by atoms with Gasteiger partial charge in [-0.2, -0.15) is 4.73 Å². The van der Waals surface area contributed by atoms with Crippen LogP contribution >= 0.6 is 0 Å². The van der Waals surface area contributed by atoms with Gasteiger partial charge in [0.2, 0.25) is 5.69 Å². The standard InChI is InChI=1S/C19H15F3N4O6/c20-19(21,22)32-15-5-2-12(3-6-15)13-1-4-14(25(27)7-13)10-30-16-8-24-9-17(26(28)29)23-18(24)31-11-16/h1-7,9,16H,8,10-11H2/t16-/m1/s1. The van der Waals surface area contributed by atoms with Crippen molar-refractivity contribution in [1.82, 2.24) is 9.55 Å². The number of benzene rings is 1. The lowest BCUT2D eigenvalue weighted by atomic mass is 10.1. The Bertz CT molecular complexity index is 1130. The van der Waals surface area contributed by atoms with Crippen LogP contribution in [0.25, 0.3) is 11.1 Å². The van der Waals surface area contributed by atoms with Crippen LogP contribution in [0.2, 0.25) is 0 Å². The fourth-order valence-corrected chi connectivity index (χ4v) is 3.11. The first-order valence-corrected chi connectivity index (χ1v) is 9.22. The molecule has 13 heteroatoms. The van der Waals surface area contributed by atoms with E-state index in [4.69, 9.17) is 9.47 Å². The second-order valence-corrected chi connectivity index (χ2v) is 6.84. The number of hydrogen-bond donors (Lipinski definition) is 0. The van der Waals surface area contributed by atoms with E-state index in [1.54, 1.807) is 12.1 Å². The highest BCUT2D eigenvalue weighted by molar-refractivity contribution is 5.62. The maximum Gasteiger partial charge on any atom is 0.573 e. The van der Waals surface area contributed by atoms with Crippen LogP contribution < -0.4 is 14.2 Å². The van der Waals surface area contributed by atoms with Gasteiger partial charge in [-0.05, 0) is 28.7 Å². The minimum Gasteiger partial charge on any atom is -0.618 e. The maximum atomic E-state index is 12.4. The molecule has 1 atom stereocenters. The van der Waals surface area contributed by atoms with Crippen molar-refractivity contribution in [2.75, 3.05) is 6.61 Å². The summed E-state index contributed by atoms with van der Waals surface area (Å²) >= 11 is 0. The van der Waals surface area contributed by atoms with Gasteiger partial charge in [0.25, 0.3) is 0 Å². The Morgan fingerprint density at radius 2 is 1.94 bits per heavy atom. The van der Waals surface area contributed by atoms with Gasteiger partial charge in [-0.15, -0.1) is 13.2 Å². The number of halogens is 3. The zero-order valence-electron chi connectivity index (χ0n) is 16.2. The van der Waals surface area contributed by atoms with Crippen LogP contribution in [0.1, 0.15) is 5.69 Å². The highest BCUT2D eigenvalue weighted by Crippen LogP contribution is 2.26. The summed E-state index contributed by atoms with van der Waals surface area (Å²) in [6.07, 6.45) is -2.69. The van der Waals surface area contributed by atoms with Gasteiger partial charge in [-0.1, -0.05) is 12.1 Å². The number of aromatic nitrogens is 3. The molecule has 3 aromatic rings. The van der Waals surface area contributed by atoms with Gasteiger partial charge < -0.3 is 29.5 Å². The Morgan fingerprint density at radius 3 is 2.59 bits per heavy atom. The molecule has 0 unspecified atom stereocenters. The third-order valence-electron chi connectivity index (χ3n) is 4.60. The molecule has 0 bridgehead atoms. The van der Waals surface area contributed by atoms with Crippen LogP contribution in [-0.4, -0.2) is 33.5 Å². The molecule has 0 fully saturated rings. The van der Waals surface area contributed by atoms with Crippen molar-refractivity contribution < 1.29 is 37.0 Å². The molecule has 0 aliphatic carbocycles. The van der Waals surface area contributed by atoms with Crippen molar-refractivity contribution in [2.45, 2.75) is 25.6 Å². The van der Waals surface area contributed by atoms with E-state index in [1.807, 2.05) is 0 Å². The van der Waals surface area contributed by atoms with Gasteiger partial charge >= 0.3 is 18.2 Å². The van der Waals surface area contributed by atoms with E-state index in [2.05, 4.69) is 9.72 Å². The van der Waals surface area contributed by atoms with Crippen molar-refractivity contribution >= 4 is 5.82 Å². The van der Waals surface area contributed by atoms with E-state index in [9.17, 15) is 28.5 Å². The van der Waals surface area contributed by atoms with Crippen LogP contribution in [0.3, 0.4) is 0 Å². The van der Waals surface area contributed by atoms with Crippen LogP contribution in [-0.2, 0) is 17.9 Å². The van der Waals surface area contributed by atoms with Crippen LogP contribution in [0.15, 0.2) is 48.8 Å². The number of imidazole rings is 1. The van der Waals surface area contributed by atoms with Crippen molar-refractivity contribution in [3.05, 3.63) is 69.8 Å². The third-order valence-corrected chi connectivity index (χ3v) is 4.60. The molecule has 1 aromatic carbocycles. The second kappa shape index (κ2) is 8.34. The molecule has 0 amide bonds. The molecule has 0 spiro atoms. The van der Waals surface area contributed by atoms with Crippen molar-refractivity contribution in [2.24, 2.45) is 0 Å². The molecule has 3 heterocycles. The van der Waals surface area contributed by atoms with Gasteiger partial charge in [-0.25, -0.2) is 0 Å². The molecule has 0 saturated carbocycles. The van der Waals surface area contributed by atoms with E-state index >= 15 is 0 Å². The van der Waals surface area contributed by atoms with Crippen LogP contribution in [0.4, 0.5) is 19.0 Å². The zero-order chi connectivity index (χ0) is 22.9. The van der Waals surface area contributed by atoms with Gasteiger partial charge in [0.1, 0.15) is 31.3 Å². The number of alkyl halides is 3. The van der Waals surface area contributed by atoms with Gasteiger partial charge in [-0.3, -0.25) is 4.57 Å². The SMILES string of the molecule is O=[N+]([O-])c1cn2c(n1)OC[C@H](OCc1ccc(-c3ccc(OC(F)(F)F)cc3)c[n+]1[O-])C2. The average Bonchev–Trinajstić information content (AvgIpc) is 3.16. The highest BCUT2D eigenvalue weighted by Gasteiger charge is 2.31. The van der Waals surface area contributed by atoms with Gasteiger partial charge in [0.05, 0.1) is 6.54 Å². The molecule has 10 nitrogen and oxygen atoms in total. The Balaban J connectivity index is 1.38. The molecule has 168 valence electrons. The van der Waals surface area contributed by atoms with Crippen LogP contribution in [0, 0.1) is 15.3 Å². The number of nitrogens with zero attached hydrogens (tertiary/aromatic N) is 4. The molecule has 0 N–H and O–H groups in total. The summed E-state index contributed by atoms with van der Waals surface area (Å²) in [4.78, 5) is 13.9. The number of nitro groups is 1. The Kier molecular flexibility index (Phi) is 5.57. The summed E-state index contributed by atoms with van der Waals surface area (Å²) in [5.41, 5.74) is 1.33.